The van der Waals surface area contributed by atoms with E-state index in [0.717, 1.165) is 6.42 Å². The molecular formula is C16H22O. The van der Waals surface area contributed by atoms with Crippen LogP contribution in [0.3, 0.4) is 0 Å². The van der Waals surface area contributed by atoms with E-state index >= 15 is 0 Å². The third kappa shape index (κ3) is 3.71. The molecule has 1 aliphatic rings. The lowest BCUT2D eigenvalue weighted by atomic mass is 9.97. The van der Waals surface area contributed by atoms with Gasteiger partial charge in [-0.15, -0.1) is 6.58 Å². The number of rotatable bonds is 5. The fourth-order valence-electron chi connectivity index (χ4n) is 2.52. The van der Waals surface area contributed by atoms with Crippen molar-refractivity contribution in [2.75, 3.05) is 0 Å². The molecule has 1 saturated carbocycles. The van der Waals surface area contributed by atoms with Gasteiger partial charge in [-0.25, -0.2) is 0 Å². The fourth-order valence-corrected chi connectivity index (χ4v) is 2.52. The van der Waals surface area contributed by atoms with Crippen molar-refractivity contribution < 1.29 is 4.74 Å². The SMILES string of the molecule is C=CCC(OC1CCCCC1)c1ccccc1. The Morgan fingerprint density at radius 2 is 1.88 bits per heavy atom. The maximum Gasteiger partial charge on any atom is 0.0862 e. The van der Waals surface area contributed by atoms with Gasteiger partial charge in [-0.05, 0) is 24.8 Å². The molecular weight excluding hydrogens is 208 g/mol. The Balaban J connectivity index is 1.99. The molecule has 0 aromatic heterocycles. The summed E-state index contributed by atoms with van der Waals surface area (Å²) in [6.45, 7) is 3.84. The van der Waals surface area contributed by atoms with E-state index in [1.807, 2.05) is 6.08 Å². The zero-order valence-electron chi connectivity index (χ0n) is 10.5. The van der Waals surface area contributed by atoms with Gasteiger partial charge in [0.05, 0.1) is 12.2 Å². The molecule has 0 bridgehead atoms. The van der Waals surface area contributed by atoms with Gasteiger partial charge in [-0.3, -0.25) is 0 Å². The zero-order valence-corrected chi connectivity index (χ0v) is 10.5. The summed E-state index contributed by atoms with van der Waals surface area (Å²) >= 11 is 0. The van der Waals surface area contributed by atoms with Crippen LogP contribution in [0.2, 0.25) is 0 Å². The predicted molar refractivity (Wildman–Crippen MR) is 72.0 cm³/mol. The standard InChI is InChI=1S/C16H22O/c1-2-9-16(14-10-5-3-6-11-14)17-15-12-7-4-8-13-15/h2-3,5-6,10-11,15-16H,1,4,7-9,12-13H2. The second-order valence-electron chi connectivity index (χ2n) is 4.82. The van der Waals surface area contributed by atoms with Crippen LogP contribution in [0.4, 0.5) is 0 Å². The molecule has 1 nitrogen and oxygen atoms in total. The van der Waals surface area contributed by atoms with Gasteiger partial charge in [0.25, 0.3) is 0 Å². The van der Waals surface area contributed by atoms with Gasteiger partial charge in [-0.2, -0.15) is 0 Å². The Bertz CT molecular complexity index is 325. The first kappa shape index (κ1) is 12.4. The van der Waals surface area contributed by atoms with Crippen LogP contribution in [0.25, 0.3) is 0 Å². The van der Waals surface area contributed by atoms with E-state index < -0.39 is 0 Å². The molecule has 0 amide bonds. The van der Waals surface area contributed by atoms with Crippen LogP contribution < -0.4 is 0 Å². The molecule has 1 aromatic rings. The summed E-state index contributed by atoms with van der Waals surface area (Å²) in [5, 5.41) is 0. The first-order valence-corrected chi connectivity index (χ1v) is 6.71. The molecule has 1 aromatic carbocycles. The monoisotopic (exact) mass is 230 g/mol. The summed E-state index contributed by atoms with van der Waals surface area (Å²) < 4.78 is 6.25. The molecule has 1 atom stereocenters. The van der Waals surface area contributed by atoms with Crippen molar-refractivity contribution in [3.8, 4) is 0 Å². The molecule has 0 radical (unpaired) electrons. The second-order valence-corrected chi connectivity index (χ2v) is 4.82. The summed E-state index contributed by atoms with van der Waals surface area (Å²) in [6.07, 6.45) is 9.96. The number of hydrogen-bond donors (Lipinski definition) is 0. The van der Waals surface area contributed by atoms with Gasteiger partial charge in [0.1, 0.15) is 0 Å². The highest BCUT2D eigenvalue weighted by molar-refractivity contribution is 5.18. The lowest BCUT2D eigenvalue weighted by Gasteiger charge is -2.27. The molecule has 1 fully saturated rings. The maximum absolute atomic E-state index is 6.25. The minimum Gasteiger partial charge on any atom is -0.370 e. The van der Waals surface area contributed by atoms with E-state index in [1.165, 1.54) is 37.7 Å². The molecule has 2 rings (SSSR count). The van der Waals surface area contributed by atoms with E-state index in [2.05, 4.69) is 36.9 Å². The van der Waals surface area contributed by atoms with Gasteiger partial charge in [0.2, 0.25) is 0 Å². The van der Waals surface area contributed by atoms with Gasteiger partial charge in [-0.1, -0.05) is 55.7 Å². The quantitative estimate of drug-likeness (QED) is 0.669. The highest BCUT2D eigenvalue weighted by atomic mass is 16.5. The van der Waals surface area contributed by atoms with Crippen LogP contribution in [-0.2, 0) is 4.74 Å². The maximum atomic E-state index is 6.25. The lowest BCUT2D eigenvalue weighted by molar-refractivity contribution is -0.0299. The van der Waals surface area contributed by atoms with Crippen molar-refractivity contribution in [2.24, 2.45) is 0 Å². The normalized spacial score (nSPS) is 18.8. The van der Waals surface area contributed by atoms with Crippen LogP contribution in [-0.4, -0.2) is 6.10 Å². The minimum atomic E-state index is 0.191. The van der Waals surface area contributed by atoms with Crippen LogP contribution in [0.1, 0.15) is 50.2 Å². The molecule has 1 unspecified atom stereocenters. The van der Waals surface area contributed by atoms with Gasteiger partial charge in [0.15, 0.2) is 0 Å². The molecule has 1 aliphatic carbocycles. The van der Waals surface area contributed by atoms with Crippen molar-refractivity contribution in [1.29, 1.82) is 0 Å². The molecule has 17 heavy (non-hydrogen) atoms. The van der Waals surface area contributed by atoms with Crippen molar-refractivity contribution >= 4 is 0 Å². The Hall–Kier alpha value is -1.08. The minimum absolute atomic E-state index is 0.191. The van der Waals surface area contributed by atoms with Crippen molar-refractivity contribution in [2.45, 2.75) is 50.7 Å². The first-order valence-electron chi connectivity index (χ1n) is 6.71. The smallest absolute Gasteiger partial charge is 0.0862 e. The van der Waals surface area contributed by atoms with Crippen LogP contribution in [0.5, 0.6) is 0 Å². The molecule has 0 heterocycles. The van der Waals surface area contributed by atoms with E-state index in [4.69, 9.17) is 4.74 Å². The van der Waals surface area contributed by atoms with Crippen LogP contribution >= 0.6 is 0 Å². The Kier molecular flexibility index (Phi) is 4.81. The Labute approximate surface area is 104 Å². The predicted octanol–water partition coefficient (Wildman–Crippen LogP) is 4.65. The highest BCUT2D eigenvalue weighted by Gasteiger charge is 2.19. The highest BCUT2D eigenvalue weighted by Crippen LogP contribution is 2.29. The average Bonchev–Trinajstić information content (AvgIpc) is 2.40. The van der Waals surface area contributed by atoms with Crippen molar-refractivity contribution in [1.82, 2.24) is 0 Å². The summed E-state index contributed by atoms with van der Waals surface area (Å²) in [4.78, 5) is 0. The van der Waals surface area contributed by atoms with Crippen molar-refractivity contribution in [3.05, 3.63) is 48.6 Å². The van der Waals surface area contributed by atoms with E-state index in [0.29, 0.717) is 6.10 Å². The summed E-state index contributed by atoms with van der Waals surface area (Å²) in [7, 11) is 0. The largest absolute Gasteiger partial charge is 0.370 e. The van der Waals surface area contributed by atoms with Gasteiger partial charge in [0, 0.05) is 0 Å². The molecule has 0 aliphatic heterocycles. The third-order valence-corrected chi connectivity index (χ3v) is 3.46. The average molecular weight is 230 g/mol. The molecule has 0 spiro atoms. The number of hydrogen-bond acceptors (Lipinski definition) is 1. The second kappa shape index (κ2) is 6.61. The first-order chi connectivity index (χ1) is 8.40. The van der Waals surface area contributed by atoms with Gasteiger partial charge < -0.3 is 4.74 Å². The van der Waals surface area contributed by atoms with E-state index in [-0.39, 0.29) is 6.10 Å². The lowest BCUT2D eigenvalue weighted by Crippen LogP contribution is -2.19. The van der Waals surface area contributed by atoms with Crippen LogP contribution in [0.15, 0.2) is 43.0 Å². The third-order valence-electron chi connectivity index (χ3n) is 3.46. The fraction of sp³-hybridized carbons (Fsp3) is 0.500. The van der Waals surface area contributed by atoms with E-state index in [1.54, 1.807) is 0 Å². The summed E-state index contributed by atoms with van der Waals surface area (Å²) in [5.74, 6) is 0. The molecule has 92 valence electrons. The zero-order chi connectivity index (χ0) is 11.9. The van der Waals surface area contributed by atoms with Crippen molar-refractivity contribution in [3.63, 3.8) is 0 Å². The molecule has 0 N–H and O–H groups in total. The summed E-state index contributed by atoms with van der Waals surface area (Å²) in [5.41, 5.74) is 1.28. The van der Waals surface area contributed by atoms with E-state index in [9.17, 15) is 0 Å². The Morgan fingerprint density at radius 3 is 2.53 bits per heavy atom. The topological polar surface area (TPSA) is 9.23 Å². The molecule has 0 saturated heterocycles. The van der Waals surface area contributed by atoms with Gasteiger partial charge >= 0.3 is 0 Å². The Morgan fingerprint density at radius 1 is 1.18 bits per heavy atom. The number of benzene rings is 1. The van der Waals surface area contributed by atoms with Crippen LogP contribution in [0, 0.1) is 0 Å². The molecule has 1 heteroatoms. The summed E-state index contributed by atoms with van der Waals surface area (Å²) in [6, 6.07) is 10.5. The number of ether oxygens (including phenoxy) is 1.